The maximum Gasteiger partial charge on any atom is 0.249 e. The van der Waals surface area contributed by atoms with Gasteiger partial charge in [-0.25, -0.2) is 0 Å². The summed E-state index contributed by atoms with van der Waals surface area (Å²) >= 11 is 6.09. The van der Waals surface area contributed by atoms with Gasteiger partial charge in [0.15, 0.2) is 0 Å². The molecule has 1 aliphatic rings. The van der Waals surface area contributed by atoms with Gasteiger partial charge in [-0.15, -0.1) is 0 Å². The Labute approximate surface area is 127 Å². The summed E-state index contributed by atoms with van der Waals surface area (Å²) in [6, 6.07) is 4.55. The number of amides is 3. The van der Waals surface area contributed by atoms with Crippen molar-refractivity contribution in [3.63, 3.8) is 0 Å². The second-order valence-corrected chi connectivity index (χ2v) is 5.84. The quantitative estimate of drug-likeness (QED) is 0.803. The number of hydrogen-bond acceptors (Lipinski definition) is 4. The summed E-state index contributed by atoms with van der Waals surface area (Å²) in [4.78, 5) is 36.4. The molecule has 3 amide bonds. The predicted octanol–water partition coefficient (Wildman–Crippen LogP) is 0.676. The van der Waals surface area contributed by atoms with Gasteiger partial charge in [0.1, 0.15) is 0 Å². The first-order valence-electron chi connectivity index (χ1n) is 6.40. The highest BCUT2D eigenvalue weighted by atomic mass is 35.5. The molecule has 3 N–H and O–H groups in total. The zero-order valence-electron chi connectivity index (χ0n) is 11.8. The first-order valence-corrected chi connectivity index (χ1v) is 6.78. The molecule has 1 saturated heterocycles. The van der Waals surface area contributed by atoms with E-state index < -0.39 is 11.4 Å². The first-order chi connectivity index (χ1) is 9.72. The molecular formula is C14H16ClN3O3. The summed E-state index contributed by atoms with van der Waals surface area (Å²) in [6.07, 6.45) is 0. The Morgan fingerprint density at radius 2 is 2.10 bits per heavy atom. The third-order valence-electron chi connectivity index (χ3n) is 3.43. The highest BCUT2D eigenvalue weighted by Crippen LogP contribution is 2.22. The Balaban J connectivity index is 2.26. The number of nitrogens with zero attached hydrogens (tertiary/aromatic N) is 1. The van der Waals surface area contributed by atoms with Crippen LogP contribution in [-0.4, -0.2) is 34.7 Å². The van der Waals surface area contributed by atoms with Gasteiger partial charge in [0.25, 0.3) is 0 Å². The molecule has 6 nitrogen and oxygen atoms in total. The second-order valence-electron chi connectivity index (χ2n) is 5.43. The van der Waals surface area contributed by atoms with Gasteiger partial charge in [0.2, 0.25) is 17.7 Å². The van der Waals surface area contributed by atoms with E-state index in [-0.39, 0.29) is 30.5 Å². The third-order valence-corrected chi connectivity index (χ3v) is 3.78. The van der Waals surface area contributed by atoms with Crippen molar-refractivity contribution in [1.29, 1.82) is 0 Å². The van der Waals surface area contributed by atoms with Gasteiger partial charge < -0.3 is 5.73 Å². The van der Waals surface area contributed by atoms with E-state index in [9.17, 15) is 14.4 Å². The molecule has 1 aromatic carbocycles. The van der Waals surface area contributed by atoms with E-state index in [0.29, 0.717) is 10.6 Å². The maximum absolute atomic E-state index is 12.3. The Bertz CT molecular complexity index is 628. The van der Waals surface area contributed by atoms with E-state index in [1.165, 1.54) is 17.0 Å². The fourth-order valence-electron chi connectivity index (χ4n) is 2.08. The number of benzene rings is 1. The van der Waals surface area contributed by atoms with Crippen molar-refractivity contribution < 1.29 is 14.4 Å². The highest BCUT2D eigenvalue weighted by molar-refractivity contribution is 6.31. The lowest BCUT2D eigenvalue weighted by atomic mass is 10.00. The standard InChI is InChI=1S/C14H16ClN3O3/c1-14(2)13(21)18(11(19)6-17-14)7-9-4-3-8(12(16)20)5-10(9)15/h3-5,17H,6-7H2,1-2H3,(H2,16,20). The van der Waals surface area contributed by atoms with Gasteiger partial charge in [0.05, 0.1) is 18.6 Å². The molecule has 7 heteroatoms. The van der Waals surface area contributed by atoms with Gasteiger partial charge >= 0.3 is 0 Å². The molecule has 1 aliphatic heterocycles. The van der Waals surface area contributed by atoms with Crippen molar-refractivity contribution in [2.24, 2.45) is 5.73 Å². The van der Waals surface area contributed by atoms with E-state index in [1.54, 1.807) is 19.9 Å². The zero-order chi connectivity index (χ0) is 15.8. The van der Waals surface area contributed by atoms with Gasteiger partial charge in [0, 0.05) is 10.6 Å². The van der Waals surface area contributed by atoms with E-state index in [0.717, 1.165) is 0 Å². The molecule has 0 aromatic heterocycles. The summed E-state index contributed by atoms with van der Waals surface area (Å²) in [5, 5.41) is 3.17. The number of carbonyl (C=O) groups excluding carboxylic acids is 3. The average molecular weight is 310 g/mol. The van der Waals surface area contributed by atoms with Gasteiger partial charge in [-0.3, -0.25) is 24.6 Å². The van der Waals surface area contributed by atoms with E-state index in [1.807, 2.05) is 0 Å². The number of imide groups is 1. The number of piperazine rings is 1. The number of carbonyl (C=O) groups is 3. The number of rotatable bonds is 3. The summed E-state index contributed by atoms with van der Waals surface area (Å²) in [5.41, 5.74) is 5.24. The van der Waals surface area contributed by atoms with Gasteiger partial charge in [-0.2, -0.15) is 0 Å². The van der Waals surface area contributed by atoms with Crippen LogP contribution in [0.4, 0.5) is 0 Å². The second kappa shape index (κ2) is 5.46. The minimum Gasteiger partial charge on any atom is -0.366 e. The molecule has 2 rings (SSSR count). The highest BCUT2D eigenvalue weighted by Gasteiger charge is 2.39. The van der Waals surface area contributed by atoms with Crippen LogP contribution >= 0.6 is 11.6 Å². The van der Waals surface area contributed by atoms with Crippen LogP contribution in [0.3, 0.4) is 0 Å². The van der Waals surface area contributed by atoms with Crippen molar-refractivity contribution in [1.82, 2.24) is 10.2 Å². The van der Waals surface area contributed by atoms with E-state index >= 15 is 0 Å². The first kappa shape index (κ1) is 15.5. The molecule has 0 aliphatic carbocycles. The van der Waals surface area contributed by atoms with Crippen molar-refractivity contribution >= 4 is 29.3 Å². The van der Waals surface area contributed by atoms with Crippen LogP contribution in [0.2, 0.25) is 5.02 Å². The Morgan fingerprint density at radius 3 is 2.67 bits per heavy atom. The molecule has 0 unspecified atom stereocenters. The molecule has 1 aromatic rings. The fourth-order valence-corrected chi connectivity index (χ4v) is 2.32. The van der Waals surface area contributed by atoms with Crippen LogP contribution in [0.1, 0.15) is 29.8 Å². The van der Waals surface area contributed by atoms with Crippen molar-refractivity contribution in [2.45, 2.75) is 25.9 Å². The van der Waals surface area contributed by atoms with Crippen molar-refractivity contribution in [3.05, 3.63) is 34.3 Å². The Morgan fingerprint density at radius 1 is 1.43 bits per heavy atom. The van der Waals surface area contributed by atoms with Gasteiger partial charge in [-0.05, 0) is 31.5 Å². The number of nitrogens with two attached hydrogens (primary N) is 1. The fraction of sp³-hybridized carbons (Fsp3) is 0.357. The molecule has 0 bridgehead atoms. The summed E-state index contributed by atoms with van der Waals surface area (Å²) in [5.74, 6) is -1.21. The number of halogens is 1. The van der Waals surface area contributed by atoms with Gasteiger partial charge in [-0.1, -0.05) is 17.7 Å². The smallest absolute Gasteiger partial charge is 0.249 e. The third kappa shape index (κ3) is 3.06. The van der Waals surface area contributed by atoms with Crippen LogP contribution in [0.25, 0.3) is 0 Å². The molecule has 1 heterocycles. The van der Waals surface area contributed by atoms with Crippen LogP contribution in [0.15, 0.2) is 18.2 Å². The van der Waals surface area contributed by atoms with Crippen LogP contribution in [0.5, 0.6) is 0 Å². The van der Waals surface area contributed by atoms with E-state index in [4.69, 9.17) is 17.3 Å². The minimum atomic E-state index is -0.798. The minimum absolute atomic E-state index is 0.0701. The lowest BCUT2D eigenvalue weighted by molar-refractivity contribution is -0.153. The molecule has 1 fully saturated rings. The lowest BCUT2D eigenvalue weighted by Crippen LogP contribution is -2.63. The molecule has 21 heavy (non-hydrogen) atoms. The Hall–Kier alpha value is -1.92. The molecule has 0 saturated carbocycles. The average Bonchev–Trinajstić information content (AvgIpc) is 2.41. The van der Waals surface area contributed by atoms with Crippen LogP contribution in [0, 0.1) is 0 Å². The number of nitrogens with one attached hydrogen (secondary N) is 1. The molecule has 112 valence electrons. The lowest BCUT2D eigenvalue weighted by Gasteiger charge is -2.36. The van der Waals surface area contributed by atoms with Crippen molar-refractivity contribution in [3.8, 4) is 0 Å². The molecule has 0 spiro atoms. The SMILES string of the molecule is CC1(C)NCC(=O)N(Cc2ccc(C(N)=O)cc2Cl)C1=O. The number of primary amides is 1. The zero-order valence-corrected chi connectivity index (χ0v) is 12.5. The van der Waals surface area contributed by atoms with Crippen LogP contribution in [-0.2, 0) is 16.1 Å². The monoisotopic (exact) mass is 309 g/mol. The summed E-state index contributed by atoms with van der Waals surface area (Å²) in [6.45, 7) is 3.59. The molecule has 0 atom stereocenters. The molecular weight excluding hydrogens is 294 g/mol. The Kier molecular flexibility index (Phi) is 4.02. The largest absolute Gasteiger partial charge is 0.366 e. The predicted molar refractivity (Wildman–Crippen MR) is 77.6 cm³/mol. The summed E-state index contributed by atoms with van der Waals surface area (Å²) < 4.78 is 0. The van der Waals surface area contributed by atoms with Crippen molar-refractivity contribution in [2.75, 3.05) is 6.54 Å². The number of hydrogen-bond donors (Lipinski definition) is 2. The topological polar surface area (TPSA) is 92.5 Å². The normalized spacial score (nSPS) is 18.0. The molecule has 0 radical (unpaired) electrons. The maximum atomic E-state index is 12.3. The summed E-state index contributed by atoms with van der Waals surface area (Å²) in [7, 11) is 0. The van der Waals surface area contributed by atoms with Crippen LogP contribution < -0.4 is 11.1 Å². The van der Waals surface area contributed by atoms with E-state index in [2.05, 4.69) is 5.32 Å².